The molecule has 0 bridgehead atoms. The number of methoxy groups -OCH3 is 1. The van der Waals surface area contributed by atoms with Crippen LogP contribution in [0, 0.1) is 0 Å². The number of anilines is 1. The van der Waals surface area contributed by atoms with E-state index >= 15 is 0 Å². The second-order valence-corrected chi connectivity index (χ2v) is 4.12. The van der Waals surface area contributed by atoms with Crippen LogP contribution in [0.3, 0.4) is 0 Å². The maximum absolute atomic E-state index is 5.94. The molecule has 0 unspecified atom stereocenters. The molecular formula is C12H13N3O. The van der Waals surface area contributed by atoms with Gasteiger partial charge in [-0.1, -0.05) is 0 Å². The summed E-state index contributed by atoms with van der Waals surface area (Å²) < 4.78 is 5.16. The minimum atomic E-state index is 0.522. The smallest absolute Gasteiger partial charge is 0.135 e. The van der Waals surface area contributed by atoms with Gasteiger partial charge in [-0.3, -0.25) is 0 Å². The molecule has 1 fully saturated rings. The SMILES string of the molecule is COc1ccc2nc(C3CC3)nc(N)c2c1. The van der Waals surface area contributed by atoms with Crippen molar-refractivity contribution < 1.29 is 4.74 Å². The van der Waals surface area contributed by atoms with Crippen LogP contribution in [0.5, 0.6) is 5.75 Å². The van der Waals surface area contributed by atoms with Crippen molar-refractivity contribution in [2.45, 2.75) is 18.8 Å². The maximum atomic E-state index is 5.94. The molecule has 0 atom stereocenters. The standard InChI is InChI=1S/C12H13N3O/c1-16-8-4-5-10-9(6-8)11(13)15-12(14-10)7-2-3-7/h4-7H,2-3H2,1H3,(H2,13,14,15). The molecule has 1 aliphatic carbocycles. The van der Waals surface area contributed by atoms with Gasteiger partial charge in [0.2, 0.25) is 0 Å². The first-order chi connectivity index (χ1) is 7.78. The van der Waals surface area contributed by atoms with Gasteiger partial charge in [0.05, 0.1) is 12.6 Å². The lowest BCUT2D eigenvalue weighted by Gasteiger charge is -2.06. The molecule has 16 heavy (non-hydrogen) atoms. The van der Waals surface area contributed by atoms with E-state index in [0.29, 0.717) is 11.7 Å². The van der Waals surface area contributed by atoms with Crippen molar-refractivity contribution in [1.82, 2.24) is 9.97 Å². The number of rotatable bonds is 2. The molecule has 1 aliphatic rings. The molecule has 0 radical (unpaired) electrons. The molecule has 1 aromatic carbocycles. The van der Waals surface area contributed by atoms with E-state index in [1.165, 1.54) is 12.8 Å². The highest BCUT2D eigenvalue weighted by molar-refractivity contribution is 5.89. The number of nitrogens with two attached hydrogens (primary N) is 1. The summed E-state index contributed by atoms with van der Waals surface area (Å²) in [5.41, 5.74) is 6.84. The van der Waals surface area contributed by atoms with Crippen molar-refractivity contribution >= 4 is 16.7 Å². The Morgan fingerprint density at radius 3 is 2.81 bits per heavy atom. The first kappa shape index (κ1) is 9.39. The van der Waals surface area contributed by atoms with Crippen molar-refractivity contribution in [3.05, 3.63) is 24.0 Å². The van der Waals surface area contributed by atoms with Gasteiger partial charge in [-0.25, -0.2) is 9.97 Å². The van der Waals surface area contributed by atoms with Gasteiger partial charge in [0.15, 0.2) is 0 Å². The number of fused-ring (bicyclic) bond motifs is 1. The molecule has 2 aromatic rings. The summed E-state index contributed by atoms with van der Waals surface area (Å²) in [5, 5.41) is 0.865. The monoisotopic (exact) mass is 215 g/mol. The lowest BCUT2D eigenvalue weighted by atomic mass is 10.2. The first-order valence-electron chi connectivity index (χ1n) is 5.39. The maximum Gasteiger partial charge on any atom is 0.135 e. The van der Waals surface area contributed by atoms with Crippen LogP contribution in [0.2, 0.25) is 0 Å². The van der Waals surface area contributed by atoms with E-state index in [9.17, 15) is 0 Å². The van der Waals surface area contributed by atoms with E-state index in [1.54, 1.807) is 7.11 Å². The zero-order chi connectivity index (χ0) is 11.1. The molecule has 0 amide bonds. The Kier molecular flexibility index (Phi) is 1.96. The number of nitrogen functional groups attached to an aromatic ring is 1. The fourth-order valence-corrected chi connectivity index (χ4v) is 1.80. The van der Waals surface area contributed by atoms with Crippen LogP contribution in [0.15, 0.2) is 18.2 Å². The zero-order valence-corrected chi connectivity index (χ0v) is 9.10. The van der Waals surface area contributed by atoms with Crippen molar-refractivity contribution in [3.63, 3.8) is 0 Å². The van der Waals surface area contributed by atoms with Crippen molar-refractivity contribution in [2.24, 2.45) is 0 Å². The van der Waals surface area contributed by atoms with Crippen molar-refractivity contribution in [1.29, 1.82) is 0 Å². The Bertz CT molecular complexity index is 549. The Labute approximate surface area is 93.5 Å². The fourth-order valence-electron chi connectivity index (χ4n) is 1.80. The molecule has 3 rings (SSSR count). The topological polar surface area (TPSA) is 61.0 Å². The largest absolute Gasteiger partial charge is 0.497 e. The second-order valence-electron chi connectivity index (χ2n) is 4.12. The third kappa shape index (κ3) is 1.46. The lowest BCUT2D eigenvalue weighted by molar-refractivity contribution is 0.415. The van der Waals surface area contributed by atoms with Gasteiger partial charge in [0.25, 0.3) is 0 Å². The van der Waals surface area contributed by atoms with Gasteiger partial charge in [-0.05, 0) is 31.0 Å². The predicted octanol–water partition coefficient (Wildman–Crippen LogP) is 2.10. The summed E-state index contributed by atoms with van der Waals surface area (Å²) >= 11 is 0. The van der Waals surface area contributed by atoms with Gasteiger partial charge in [0, 0.05) is 11.3 Å². The Morgan fingerprint density at radius 1 is 1.31 bits per heavy atom. The van der Waals surface area contributed by atoms with E-state index in [1.807, 2.05) is 18.2 Å². The quantitative estimate of drug-likeness (QED) is 0.833. The second kappa shape index (κ2) is 3.33. The number of ether oxygens (including phenoxy) is 1. The zero-order valence-electron chi connectivity index (χ0n) is 9.10. The molecule has 0 saturated heterocycles. The summed E-state index contributed by atoms with van der Waals surface area (Å²) in [7, 11) is 1.64. The van der Waals surface area contributed by atoms with E-state index in [0.717, 1.165) is 22.5 Å². The number of hydrogen-bond acceptors (Lipinski definition) is 4. The third-order valence-electron chi connectivity index (χ3n) is 2.89. The van der Waals surface area contributed by atoms with E-state index in [-0.39, 0.29) is 0 Å². The Morgan fingerprint density at radius 2 is 2.12 bits per heavy atom. The summed E-state index contributed by atoms with van der Waals surface area (Å²) in [4.78, 5) is 8.88. The molecule has 82 valence electrons. The van der Waals surface area contributed by atoms with Crippen LogP contribution in [-0.4, -0.2) is 17.1 Å². The molecular weight excluding hydrogens is 202 g/mol. The molecule has 2 N–H and O–H groups in total. The van der Waals surface area contributed by atoms with Crippen molar-refractivity contribution in [2.75, 3.05) is 12.8 Å². The molecule has 0 aliphatic heterocycles. The van der Waals surface area contributed by atoms with Crippen LogP contribution in [0.4, 0.5) is 5.82 Å². The number of hydrogen-bond donors (Lipinski definition) is 1. The normalized spacial score (nSPS) is 15.3. The highest BCUT2D eigenvalue weighted by Crippen LogP contribution is 2.39. The summed E-state index contributed by atoms with van der Waals surface area (Å²) in [6.45, 7) is 0. The van der Waals surface area contributed by atoms with Crippen LogP contribution in [-0.2, 0) is 0 Å². The van der Waals surface area contributed by atoms with Gasteiger partial charge >= 0.3 is 0 Å². The van der Waals surface area contributed by atoms with Crippen LogP contribution >= 0.6 is 0 Å². The number of nitrogens with zero attached hydrogens (tertiary/aromatic N) is 2. The minimum Gasteiger partial charge on any atom is -0.497 e. The number of benzene rings is 1. The lowest BCUT2D eigenvalue weighted by Crippen LogP contribution is -2.00. The average Bonchev–Trinajstić information content (AvgIpc) is 3.12. The number of aromatic nitrogens is 2. The minimum absolute atomic E-state index is 0.522. The van der Waals surface area contributed by atoms with Crippen LogP contribution < -0.4 is 10.5 Å². The van der Waals surface area contributed by atoms with Gasteiger partial charge < -0.3 is 10.5 Å². The fraction of sp³-hybridized carbons (Fsp3) is 0.333. The van der Waals surface area contributed by atoms with E-state index < -0.39 is 0 Å². The summed E-state index contributed by atoms with van der Waals surface area (Å²) in [6, 6.07) is 5.70. The highest BCUT2D eigenvalue weighted by Gasteiger charge is 2.27. The van der Waals surface area contributed by atoms with E-state index in [4.69, 9.17) is 10.5 Å². The predicted molar refractivity (Wildman–Crippen MR) is 62.5 cm³/mol. The Balaban J connectivity index is 2.19. The molecule has 4 heteroatoms. The molecule has 4 nitrogen and oxygen atoms in total. The van der Waals surface area contributed by atoms with Crippen LogP contribution in [0.25, 0.3) is 10.9 Å². The van der Waals surface area contributed by atoms with Gasteiger partial charge in [0.1, 0.15) is 17.4 Å². The third-order valence-corrected chi connectivity index (χ3v) is 2.89. The Hall–Kier alpha value is -1.84. The molecule has 1 aromatic heterocycles. The van der Waals surface area contributed by atoms with Crippen molar-refractivity contribution in [3.8, 4) is 5.75 Å². The van der Waals surface area contributed by atoms with E-state index in [2.05, 4.69) is 9.97 Å². The van der Waals surface area contributed by atoms with Gasteiger partial charge in [-0.15, -0.1) is 0 Å². The highest BCUT2D eigenvalue weighted by atomic mass is 16.5. The molecule has 0 spiro atoms. The first-order valence-corrected chi connectivity index (χ1v) is 5.39. The van der Waals surface area contributed by atoms with Crippen LogP contribution in [0.1, 0.15) is 24.6 Å². The molecule has 1 saturated carbocycles. The summed E-state index contributed by atoms with van der Waals surface area (Å²) in [6.07, 6.45) is 2.36. The molecule has 1 heterocycles. The van der Waals surface area contributed by atoms with Gasteiger partial charge in [-0.2, -0.15) is 0 Å². The average molecular weight is 215 g/mol. The summed E-state index contributed by atoms with van der Waals surface area (Å²) in [5.74, 6) is 2.73.